The molecule has 2 aromatic heterocycles. The summed E-state index contributed by atoms with van der Waals surface area (Å²) < 4.78 is 8.26. The van der Waals surface area contributed by atoms with Gasteiger partial charge in [-0.25, -0.2) is 9.67 Å². The highest BCUT2D eigenvalue weighted by molar-refractivity contribution is 7.22. The molecule has 8 nitrogen and oxygen atoms in total. The van der Waals surface area contributed by atoms with Gasteiger partial charge in [0.2, 0.25) is 0 Å². The summed E-state index contributed by atoms with van der Waals surface area (Å²) in [6, 6.07) is 11.9. The first-order chi connectivity index (χ1) is 15.6. The molecule has 0 atom stereocenters. The second-order valence-corrected chi connectivity index (χ2v) is 9.14. The maximum absolute atomic E-state index is 13.5. The predicted octanol–water partition coefficient (Wildman–Crippen LogP) is 3.02. The van der Waals surface area contributed by atoms with E-state index in [1.54, 1.807) is 16.0 Å². The van der Waals surface area contributed by atoms with E-state index >= 15 is 0 Å². The van der Waals surface area contributed by atoms with Gasteiger partial charge in [-0.3, -0.25) is 14.6 Å². The van der Waals surface area contributed by atoms with Crippen molar-refractivity contribution in [2.75, 3.05) is 44.3 Å². The first-order valence-corrected chi connectivity index (χ1v) is 11.7. The predicted molar refractivity (Wildman–Crippen MR) is 126 cm³/mol. The van der Waals surface area contributed by atoms with Crippen LogP contribution >= 0.6 is 11.3 Å². The van der Waals surface area contributed by atoms with Gasteiger partial charge in [-0.15, -0.1) is 5.10 Å². The first kappa shape index (κ1) is 21.0. The molecule has 1 aliphatic rings. The van der Waals surface area contributed by atoms with Gasteiger partial charge in [-0.1, -0.05) is 34.7 Å². The van der Waals surface area contributed by atoms with E-state index in [-0.39, 0.29) is 12.5 Å². The average Bonchev–Trinajstić information content (AvgIpc) is 3.39. The minimum absolute atomic E-state index is 0.0395. The van der Waals surface area contributed by atoms with Crippen LogP contribution in [-0.2, 0) is 16.1 Å². The van der Waals surface area contributed by atoms with E-state index in [4.69, 9.17) is 9.72 Å². The van der Waals surface area contributed by atoms with E-state index in [2.05, 4.69) is 41.2 Å². The molecule has 9 heteroatoms. The molecule has 2 aromatic carbocycles. The lowest BCUT2D eigenvalue weighted by Crippen LogP contribution is -2.44. The Hall–Kier alpha value is -2.88. The highest BCUT2D eigenvalue weighted by Crippen LogP contribution is 2.32. The number of morpholine rings is 1. The maximum atomic E-state index is 13.5. The van der Waals surface area contributed by atoms with Gasteiger partial charge in [-0.2, -0.15) is 0 Å². The number of nitrogens with zero attached hydrogens (tertiary/aromatic N) is 6. The third-order valence-electron chi connectivity index (χ3n) is 5.79. The fraction of sp³-hybridized carbons (Fsp3) is 0.391. The number of aryl methyl sites for hydroxylation is 2. The number of aromatic nitrogens is 4. The molecule has 0 aliphatic carbocycles. The van der Waals surface area contributed by atoms with Crippen molar-refractivity contribution in [1.82, 2.24) is 24.9 Å². The van der Waals surface area contributed by atoms with Crippen molar-refractivity contribution in [3.63, 3.8) is 0 Å². The van der Waals surface area contributed by atoms with Crippen molar-refractivity contribution in [3.8, 4) is 0 Å². The number of benzene rings is 2. The Kier molecular flexibility index (Phi) is 5.86. The molecule has 0 bridgehead atoms. The molecule has 32 heavy (non-hydrogen) atoms. The van der Waals surface area contributed by atoms with Crippen LogP contribution in [0.25, 0.3) is 21.3 Å². The Bertz CT molecular complexity index is 1260. The zero-order chi connectivity index (χ0) is 22.1. The number of carbonyl (C=O) groups excluding carboxylic acids is 1. The number of amides is 1. The van der Waals surface area contributed by atoms with Crippen molar-refractivity contribution in [3.05, 3.63) is 47.5 Å². The second-order valence-electron chi connectivity index (χ2n) is 8.16. The minimum Gasteiger partial charge on any atom is -0.379 e. The zero-order valence-corrected chi connectivity index (χ0v) is 19.1. The maximum Gasteiger partial charge on any atom is 0.250 e. The molecule has 5 rings (SSSR count). The fourth-order valence-electron chi connectivity index (χ4n) is 4.12. The Labute approximate surface area is 190 Å². The van der Waals surface area contributed by atoms with Crippen molar-refractivity contribution >= 4 is 43.6 Å². The monoisotopic (exact) mass is 450 g/mol. The van der Waals surface area contributed by atoms with Crippen molar-refractivity contribution in [2.45, 2.75) is 20.4 Å². The molecule has 0 saturated carbocycles. The number of ether oxygens (including phenoxy) is 1. The fourth-order valence-corrected chi connectivity index (χ4v) is 5.18. The molecule has 166 valence electrons. The minimum atomic E-state index is -0.0395. The largest absolute Gasteiger partial charge is 0.379 e. The van der Waals surface area contributed by atoms with E-state index in [0.29, 0.717) is 6.54 Å². The number of rotatable bonds is 6. The van der Waals surface area contributed by atoms with Crippen LogP contribution in [0.2, 0.25) is 0 Å². The van der Waals surface area contributed by atoms with E-state index in [0.717, 1.165) is 59.2 Å². The van der Waals surface area contributed by atoms with Gasteiger partial charge in [0.05, 0.1) is 28.9 Å². The number of carbonyl (C=O) groups is 1. The number of anilines is 1. The van der Waals surface area contributed by atoms with Crippen molar-refractivity contribution in [2.24, 2.45) is 0 Å². The first-order valence-electron chi connectivity index (χ1n) is 10.8. The molecule has 3 heterocycles. The summed E-state index contributed by atoms with van der Waals surface area (Å²) in [6.07, 6.45) is 0. The van der Waals surface area contributed by atoms with Crippen LogP contribution in [0.15, 0.2) is 36.4 Å². The summed E-state index contributed by atoms with van der Waals surface area (Å²) in [6.45, 7) is 8.88. The Morgan fingerprint density at radius 3 is 2.81 bits per heavy atom. The highest BCUT2D eigenvalue weighted by atomic mass is 32.1. The van der Waals surface area contributed by atoms with Gasteiger partial charge in [0, 0.05) is 26.2 Å². The van der Waals surface area contributed by atoms with Crippen LogP contribution in [0.1, 0.15) is 11.1 Å². The van der Waals surface area contributed by atoms with Gasteiger partial charge < -0.3 is 4.74 Å². The Morgan fingerprint density at radius 1 is 1.16 bits per heavy atom. The van der Waals surface area contributed by atoms with E-state index in [1.807, 2.05) is 29.2 Å². The number of thiazole rings is 1. The van der Waals surface area contributed by atoms with Crippen molar-refractivity contribution in [1.29, 1.82) is 0 Å². The Balaban J connectivity index is 1.44. The summed E-state index contributed by atoms with van der Waals surface area (Å²) in [4.78, 5) is 22.5. The highest BCUT2D eigenvalue weighted by Gasteiger charge is 2.23. The topological polar surface area (TPSA) is 76.4 Å². The third-order valence-corrected chi connectivity index (χ3v) is 7.02. The summed E-state index contributed by atoms with van der Waals surface area (Å²) in [5.74, 6) is -0.0395. The van der Waals surface area contributed by atoms with Crippen LogP contribution in [0.3, 0.4) is 0 Å². The molecule has 0 spiro atoms. The normalized spacial score (nSPS) is 14.9. The SMILES string of the molecule is Cc1cc(C)c2sc(N(CCN3CCOCC3)C(=O)Cn3nnc4ccccc43)nc2c1. The molecule has 1 fully saturated rings. The molecular weight excluding hydrogens is 424 g/mol. The molecule has 4 aromatic rings. The van der Waals surface area contributed by atoms with Crippen LogP contribution in [-0.4, -0.2) is 70.2 Å². The number of hydrogen-bond acceptors (Lipinski definition) is 7. The van der Waals surface area contributed by atoms with Crippen LogP contribution in [0.5, 0.6) is 0 Å². The Morgan fingerprint density at radius 2 is 1.97 bits per heavy atom. The number of fused-ring (bicyclic) bond motifs is 2. The van der Waals surface area contributed by atoms with Gasteiger partial charge in [0.25, 0.3) is 5.91 Å². The second kappa shape index (κ2) is 8.93. The molecule has 1 saturated heterocycles. The summed E-state index contributed by atoms with van der Waals surface area (Å²) in [5.41, 5.74) is 4.94. The van der Waals surface area contributed by atoms with Crippen LogP contribution in [0.4, 0.5) is 5.13 Å². The molecule has 1 amide bonds. The van der Waals surface area contributed by atoms with Gasteiger partial charge in [0.1, 0.15) is 12.1 Å². The molecular formula is C23H26N6O2S. The van der Waals surface area contributed by atoms with E-state index in [1.165, 1.54) is 11.1 Å². The number of para-hydroxylation sites is 1. The van der Waals surface area contributed by atoms with Gasteiger partial charge in [-0.05, 0) is 43.2 Å². The lowest BCUT2D eigenvalue weighted by atomic mass is 10.1. The summed E-state index contributed by atoms with van der Waals surface area (Å²) in [7, 11) is 0. The molecule has 0 radical (unpaired) electrons. The van der Waals surface area contributed by atoms with Crippen LogP contribution in [0, 0.1) is 13.8 Å². The molecule has 0 N–H and O–H groups in total. The standard InChI is InChI=1S/C23H26N6O2S/c1-16-13-17(2)22-19(14-16)24-23(32-22)28(8-7-27-9-11-31-12-10-27)21(30)15-29-20-6-4-3-5-18(20)25-26-29/h3-6,13-14H,7-12,15H2,1-2H3. The van der Waals surface area contributed by atoms with Crippen LogP contribution < -0.4 is 4.90 Å². The third kappa shape index (κ3) is 4.23. The molecule has 1 aliphatic heterocycles. The smallest absolute Gasteiger partial charge is 0.250 e. The van der Waals surface area contributed by atoms with Crippen molar-refractivity contribution < 1.29 is 9.53 Å². The molecule has 0 unspecified atom stereocenters. The van der Waals surface area contributed by atoms with Gasteiger partial charge in [0.15, 0.2) is 5.13 Å². The lowest BCUT2D eigenvalue weighted by Gasteiger charge is -2.29. The van der Waals surface area contributed by atoms with Gasteiger partial charge >= 0.3 is 0 Å². The summed E-state index contributed by atoms with van der Waals surface area (Å²) in [5, 5.41) is 9.12. The van der Waals surface area contributed by atoms with E-state index in [9.17, 15) is 4.79 Å². The number of hydrogen-bond donors (Lipinski definition) is 0. The quantitative estimate of drug-likeness (QED) is 0.450. The average molecular weight is 451 g/mol. The lowest BCUT2D eigenvalue weighted by molar-refractivity contribution is -0.119. The summed E-state index contributed by atoms with van der Waals surface area (Å²) >= 11 is 1.58. The van der Waals surface area contributed by atoms with E-state index < -0.39 is 0 Å². The zero-order valence-electron chi connectivity index (χ0n) is 18.3.